The van der Waals surface area contributed by atoms with Gasteiger partial charge in [-0.25, -0.2) is 4.98 Å². The second kappa shape index (κ2) is 6.86. The molecule has 0 aliphatic rings. The van der Waals surface area contributed by atoms with Crippen LogP contribution in [0.15, 0.2) is 42.6 Å². The number of hydrogen-bond acceptors (Lipinski definition) is 3. The van der Waals surface area contributed by atoms with Gasteiger partial charge >= 0.3 is 0 Å². The molecule has 2 N–H and O–H groups in total. The van der Waals surface area contributed by atoms with Gasteiger partial charge in [-0.15, -0.1) is 0 Å². The minimum Gasteiger partial charge on any atom is -0.492 e. The van der Waals surface area contributed by atoms with E-state index in [4.69, 9.17) is 17.0 Å². The highest BCUT2D eigenvalue weighted by Gasteiger charge is 2.05. The van der Waals surface area contributed by atoms with E-state index in [1.54, 1.807) is 6.20 Å². The Bertz CT molecular complexity index is 584. The van der Waals surface area contributed by atoms with E-state index in [-0.39, 0.29) is 0 Å². The molecule has 0 unspecified atom stereocenters. The maximum atomic E-state index is 5.54. The number of anilines is 2. The predicted molar refractivity (Wildman–Crippen MR) is 86.4 cm³/mol. The molecule has 0 spiro atoms. The summed E-state index contributed by atoms with van der Waals surface area (Å²) in [6, 6.07) is 11.5. The van der Waals surface area contributed by atoms with Gasteiger partial charge in [0.15, 0.2) is 5.11 Å². The molecule has 0 aliphatic heterocycles. The van der Waals surface area contributed by atoms with Gasteiger partial charge in [-0.2, -0.15) is 0 Å². The third-order valence-corrected chi connectivity index (χ3v) is 2.79. The molecule has 0 saturated heterocycles. The summed E-state index contributed by atoms with van der Waals surface area (Å²) in [4.78, 5) is 4.25. The van der Waals surface area contributed by atoms with Crippen LogP contribution in [0, 0.1) is 6.92 Å². The number of benzene rings is 1. The third kappa shape index (κ3) is 3.93. The van der Waals surface area contributed by atoms with Gasteiger partial charge < -0.3 is 15.4 Å². The lowest BCUT2D eigenvalue weighted by Crippen LogP contribution is -2.20. The van der Waals surface area contributed by atoms with Gasteiger partial charge in [0.05, 0.1) is 12.3 Å². The van der Waals surface area contributed by atoms with Crippen molar-refractivity contribution in [2.24, 2.45) is 0 Å². The van der Waals surface area contributed by atoms with Gasteiger partial charge in [-0.3, -0.25) is 0 Å². The van der Waals surface area contributed by atoms with Gasteiger partial charge in [0.2, 0.25) is 0 Å². The number of thiocarbonyl (C=S) groups is 1. The summed E-state index contributed by atoms with van der Waals surface area (Å²) < 4.78 is 5.54. The summed E-state index contributed by atoms with van der Waals surface area (Å²) in [6.07, 6.45) is 1.79. The molecule has 0 bridgehead atoms. The number of para-hydroxylation sites is 2. The highest BCUT2D eigenvalue weighted by atomic mass is 32.1. The Morgan fingerprint density at radius 2 is 2.00 bits per heavy atom. The molecule has 1 aromatic heterocycles. The number of pyridine rings is 1. The minimum absolute atomic E-state index is 0.480. The van der Waals surface area contributed by atoms with Crippen molar-refractivity contribution < 1.29 is 4.74 Å². The van der Waals surface area contributed by atoms with Crippen LogP contribution < -0.4 is 15.4 Å². The van der Waals surface area contributed by atoms with E-state index in [1.165, 1.54) is 0 Å². The number of nitrogens with one attached hydrogen (secondary N) is 2. The molecule has 1 heterocycles. The molecule has 4 nitrogen and oxygen atoms in total. The average Bonchev–Trinajstić information content (AvgIpc) is 2.44. The Morgan fingerprint density at radius 1 is 1.20 bits per heavy atom. The Hall–Kier alpha value is -2.14. The van der Waals surface area contributed by atoms with Crippen molar-refractivity contribution >= 4 is 28.8 Å². The first-order valence-corrected chi connectivity index (χ1v) is 6.82. The van der Waals surface area contributed by atoms with Crippen molar-refractivity contribution in [3.63, 3.8) is 0 Å². The molecule has 104 valence electrons. The van der Waals surface area contributed by atoms with Crippen molar-refractivity contribution in [3.8, 4) is 5.75 Å². The Kier molecular flexibility index (Phi) is 4.90. The molecule has 0 amide bonds. The lowest BCUT2D eigenvalue weighted by Gasteiger charge is -2.13. The first-order valence-electron chi connectivity index (χ1n) is 6.41. The molecule has 20 heavy (non-hydrogen) atoms. The van der Waals surface area contributed by atoms with Crippen molar-refractivity contribution in [1.82, 2.24) is 4.98 Å². The van der Waals surface area contributed by atoms with E-state index < -0.39 is 0 Å². The maximum Gasteiger partial charge on any atom is 0.176 e. The number of rotatable bonds is 4. The van der Waals surface area contributed by atoms with E-state index in [9.17, 15) is 0 Å². The second-order valence-electron chi connectivity index (χ2n) is 4.23. The number of hydrogen-bond donors (Lipinski definition) is 2. The summed E-state index contributed by atoms with van der Waals surface area (Å²) >= 11 is 5.28. The zero-order valence-electron chi connectivity index (χ0n) is 11.5. The summed E-state index contributed by atoms with van der Waals surface area (Å²) in [5.41, 5.74) is 1.94. The zero-order chi connectivity index (χ0) is 14.4. The lowest BCUT2D eigenvalue weighted by atomic mass is 10.3. The molecule has 0 aliphatic carbocycles. The monoisotopic (exact) mass is 287 g/mol. The van der Waals surface area contributed by atoms with Gasteiger partial charge in [0.25, 0.3) is 0 Å². The van der Waals surface area contributed by atoms with E-state index >= 15 is 0 Å². The molecule has 5 heteroatoms. The molecular formula is C15H17N3OS. The molecule has 1 aromatic carbocycles. The van der Waals surface area contributed by atoms with Crippen molar-refractivity contribution in [2.75, 3.05) is 17.2 Å². The van der Waals surface area contributed by atoms with Crippen LogP contribution >= 0.6 is 12.2 Å². The molecule has 2 aromatic rings. The van der Waals surface area contributed by atoms with Crippen LogP contribution in [-0.2, 0) is 0 Å². The average molecular weight is 287 g/mol. The zero-order valence-corrected chi connectivity index (χ0v) is 12.3. The van der Waals surface area contributed by atoms with Crippen molar-refractivity contribution in [1.29, 1.82) is 0 Å². The van der Waals surface area contributed by atoms with Crippen LogP contribution in [0.25, 0.3) is 0 Å². The summed E-state index contributed by atoms with van der Waals surface area (Å²) in [5.74, 6) is 1.48. The number of nitrogens with zero attached hydrogens (tertiary/aromatic N) is 1. The first-order chi connectivity index (χ1) is 9.69. The highest BCUT2D eigenvalue weighted by Crippen LogP contribution is 2.23. The quantitative estimate of drug-likeness (QED) is 0.841. The Morgan fingerprint density at radius 3 is 2.70 bits per heavy atom. The van der Waals surface area contributed by atoms with Crippen LogP contribution in [0.2, 0.25) is 0 Å². The third-order valence-electron chi connectivity index (χ3n) is 2.59. The van der Waals surface area contributed by atoms with E-state index in [1.807, 2.05) is 50.2 Å². The Balaban J connectivity index is 2.02. The first kappa shape index (κ1) is 14.3. The van der Waals surface area contributed by atoms with E-state index in [0.29, 0.717) is 17.5 Å². The fourth-order valence-corrected chi connectivity index (χ4v) is 1.88. The van der Waals surface area contributed by atoms with Gasteiger partial charge in [0.1, 0.15) is 11.6 Å². The lowest BCUT2D eigenvalue weighted by molar-refractivity contribution is 0.342. The SMILES string of the molecule is CCOc1ccccc1NC(=S)Nc1ccc(C)cn1. The van der Waals surface area contributed by atoms with Gasteiger partial charge in [0, 0.05) is 6.20 Å². The number of aryl methyl sites for hydroxylation is 1. The fourth-order valence-electron chi connectivity index (χ4n) is 1.66. The maximum absolute atomic E-state index is 5.54. The largest absolute Gasteiger partial charge is 0.492 e. The van der Waals surface area contributed by atoms with Crippen LogP contribution in [0.5, 0.6) is 5.75 Å². The standard InChI is InChI=1S/C15H17N3OS/c1-3-19-13-7-5-4-6-12(13)17-15(20)18-14-9-8-11(2)10-16-14/h4-10H,3H2,1-2H3,(H2,16,17,18,20). The summed E-state index contributed by atoms with van der Waals surface area (Å²) in [5, 5.41) is 6.63. The topological polar surface area (TPSA) is 46.2 Å². The fraction of sp³-hybridized carbons (Fsp3) is 0.200. The highest BCUT2D eigenvalue weighted by molar-refractivity contribution is 7.80. The van der Waals surface area contributed by atoms with Gasteiger partial charge in [-0.1, -0.05) is 18.2 Å². The van der Waals surface area contributed by atoms with E-state index in [2.05, 4.69) is 15.6 Å². The second-order valence-corrected chi connectivity index (χ2v) is 4.64. The molecule has 0 saturated carbocycles. The molecule has 0 radical (unpaired) electrons. The van der Waals surface area contributed by atoms with Gasteiger partial charge in [-0.05, 0) is 49.8 Å². The summed E-state index contributed by atoms with van der Waals surface area (Å²) in [6.45, 7) is 4.55. The normalized spacial score (nSPS) is 9.90. The number of aromatic nitrogens is 1. The molecule has 0 atom stereocenters. The van der Waals surface area contributed by atoms with Crippen LogP contribution in [-0.4, -0.2) is 16.7 Å². The van der Waals surface area contributed by atoms with Crippen LogP contribution in [0.4, 0.5) is 11.5 Å². The van der Waals surface area contributed by atoms with Crippen LogP contribution in [0.1, 0.15) is 12.5 Å². The number of ether oxygens (including phenoxy) is 1. The molecular weight excluding hydrogens is 270 g/mol. The van der Waals surface area contributed by atoms with Crippen molar-refractivity contribution in [3.05, 3.63) is 48.2 Å². The molecule has 2 rings (SSSR count). The van der Waals surface area contributed by atoms with Crippen molar-refractivity contribution in [2.45, 2.75) is 13.8 Å². The summed E-state index contributed by atoms with van der Waals surface area (Å²) in [7, 11) is 0. The van der Waals surface area contributed by atoms with Crippen LogP contribution in [0.3, 0.4) is 0 Å². The van der Waals surface area contributed by atoms with E-state index in [0.717, 1.165) is 17.0 Å². The molecule has 0 fully saturated rings. The minimum atomic E-state index is 0.480. The smallest absolute Gasteiger partial charge is 0.176 e. The Labute approximate surface area is 124 Å². The predicted octanol–water partition coefficient (Wildman–Crippen LogP) is 3.60.